The Balaban J connectivity index is 2.98. The molecule has 1 rings (SSSR count). The Kier molecular flexibility index (Phi) is 4.49. The van der Waals surface area contributed by atoms with E-state index in [2.05, 4.69) is 12.6 Å². The molecule has 4 heteroatoms. The van der Waals surface area contributed by atoms with Crippen molar-refractivity contribution < 1.29 is 13.6 Å². The molecule has 0 radical (unpaired) electrons. The molecule has 1 nitrogen and oxygen atoms in total. The molecule has 0 aliphatic rings. The molecule has 0 N–H and O–H groups in total. The topological polar surface area (TPSA) is 17.1 Å². The van der Waals surface area contributed by atoms with Crippen molar-refractivity contribution in [1.82, 2.24) is 0 Å². The zero-order valence-corrected chi connectivity index (χ0v) is 8.81. The van der Waals surface area contributed by atoms with Crippen molar-refractivity contribution in [2.75, 3.05) is 5.75 Å². The molecule has 1 aromatic rings. The van der Waals surface area contributed by atoms with Crippen LogP contribution < -0.4 is 0 Å². The highest BCUT2D eigenvalue weighted by atomic mass is 32.1. The van der Waals surface area contributed by atoms with Crippen LogP contribution in [0.4, 0.5) is 8.78 Å². The third-order valence-electron chi connectivity index (χ3n) is 1.83. The number of benzene rings is 1. The van der Waals surface area contributed by atoms with Crippen molar-refractivity contribution in [1.29, 1.82) is 0 Å². The van der Waals surface area contributed by atoms with Crippen molar-refractivity contribution in [2.45, 2.75) is 6.42 Å². The number of allylic oxidation sites excluding steroid dienone is 1. The Labute approximate surface area is 92.2 Å². The molecule has 0 fully saturated rings. The first-order valence-electron chi connectivity index (χ1n) is 4.40. The Hall–Kier alpha value is -1.16. The van der Waals surface area contributed by atoms with Crippen molar-refractivity contribution in [3.8, 4) is 0 Å². The summed E-state index contributed by atoms with van der Waals surface area (Å²) in [5.41, 5.74) is -0.126. The van der Waals surface area contributed by atoms with Crippen LogP contribution in [-0.4, -0.2) is 12.0 Å². The van der Waals surface area contributed by atoms with Gasteiger partial charge in [0.15, 0.2) is 6.29 Å². The summed E-state index contributed by atoms with van der Waals surface area (Å²) in [7, 11) is 0. The van der Waals surface area contributed by atoms with Crippen LogP contribution in [0.5, 0.6) is 0 Å². The number of hydrogen-bond acceptors (Lipinski definition) is 2. The quantitative estimate of drug-likeness (QED) is 0.619. The van der Waals surface area contributed by atoms with Crippen LogP contribution in [0.3, 0.4) is 0 Å². The number of rotatable bonds is 4. The summed E-state index contributed by atoms with van der Waals surface area (Å²) in [5.74, 6) is -1.00. The second kappa shape index (κ2) is 5.66. The van der Waals surface area contributed by atoms with Gasteiger partial charge in [-0.2, -0.15) is 12.6 Å². The largest absolute Gasteiger partial charge is 0.298 e. The normalized spacial score (nSPS) is 10.9. The van der Waals surface area contributed by atoms with E-state index in [0.717, 1.165) is 18.6 Å². The maximum atomic E-state index is 13.1. The highest BCUT2D eigenvalue weighted by molar-refractivity contribution is 7.80. The third-order valence-corrected chi connectivity index (χ3v) is 2.08. The van der Waals surface area contributed by atoms with E-state index >= 15 is 0 Å². The summed E-state index contributed by atoms with van der Waals surface area (Å²) in [6.45, 7) is 0. The number of carbonyl (C=O) groups excluding carboxylic acids is 1. The molecular weight excluding hydrogens is 218 g/mol. The lowest BCUT2D eigenvalue weighted by Gasteiger charge is -1.99. The van der Waals surface area contributed by atoms with Gasteiger partial charge in [0.2, 0.25) is 0 Å². The van der Waals surface area contributed by atoms with Crippen LogP contribution in [0.1, 0.15) is 22.3 Å². The Morgan fingerprint density at radius 2 is 1.87 bits per heavy atom. The zero-order chi connectivity index (χ0) is 11.3. The lowest BCUT2D eigenvalue weighted by molar-refractivity contribution is 0.111. The summed E-state index contributed by atoms with van der Waals surface area (Å²) in [4.78, 5) is 10.3. The van der Waals surface area contributed by atoms with Crippen molar-refractivity contribution in [2.24, 2.45) is 0 Å². The van der Waals surface area contributed by atoms with Crippen molar-refractivity contribution >= 4 is 25.0 Å². The fourth-order valence-electron chi connectivity index (χ4n) is 1.11. The van der Waals surface area contributed by atoms with Crippen molar-refractivity contribution in [3.63, 3.8) is 0 Å². The molecule has 0 atom stereocenters. The van der Waals surface area contributed by atoms with Gasteiger partial charge in [-0.15, -0.1) is 0 Å². The summed E-state index contributed by atoms with van der Waals surface area (Å²) in [6, 6.07) is 2.25. The number of carbonyl (C=O) groups is 1. The molecule has 0 saturated carbocycles. The highest BCUT2D eigenvalue weighted by Crippen LogP contribution is 2.14. The second-order valence-electron chi connectivity index (χ2n) is 2.93. The minimum atomic E-state index is -0.837. The highest BCUT2D eigenvalue weighted by Gasteiger charge is 2.08. The lowest BCUT2D eigenvalue weighted by atomic mass is 10.1. The smallest absolute Gasteiger partial charge is 0.155 e. The van der Waals surface area contributed by atoms with Gasteiger partial charge in [0, 0.05) is 0 Å². The molecule has 0 heterocycles. The molecule has 0 aliphatic heterocycles. The van der Waals surface area contributed by atoms with Gasteiger partial charge in [-0.25, -0.2) is 8.78 Å². The first kappa shape index (κ1) is 11.9. The van der Waals surface area contributed by atoms with Crippen LogP contribution in [0.15, 0.2) is 18.2 Å². The molecule has 0 amide bonds. The van der Waals surface area contributed by atoms with Crippen LogP contribution in [0, 0.1) is 11.6 Å². The van der Waals surface area contributed by atoms with Crippen LogP contribution in [0.2, 0.25) is 0 Å². The number of thiol groups is 1. The summed E-state index contributed by atoms with van der Waals surface area (Å²) >= 11 is 3.99. The van der Waals surface area contributed by atoms with E-state index in [9.17, 15) is 13.6 Å². The minimum absolute atomic E-state index is 0.173. The first-order chi connectivity index (χ1) is 7.19. The molecule has 15 heavy (non-hydrogen) atoms. The van der Waals surface area contributed by atoms with E-state index in [4.69, 9.17) is 0 Å². The molecule has 0 aliphatic carbocycles. The summed E-state index contributed by atoms with van der Waals surface area (Å²) in [5, 5.41) is 0. The predicted molar refractivity (Wildman–Crippen MR) is 59.2 cm³/mol. The van der Waals surface area contributed by atoms with Gasteiger partial charge in [-0.05, 0) is 29.9 Å². The van der Waals surface area contributed by atoms with Gasteiger partial charge in [-0.1, -0.05) is 12.2 Å². The van der Waals surface area contributed by atoms with E-state index < -0.39 is 17.2 Å². The molecular formula is C11H10F2OS. The molecule has 1 aromatic carbocycles. The Morgan fingerprint density at radius 3 is 2.33 bits per heavy atom. The van der Waals surface area contributed by atoms with E-state index in [1.54, 1.807) is 12.2 Å². The maximum absolute atomic E-state index is 13.1. The van der Waals surface area contributed by atoms with Gasteiger partial charge >= 0.3 is 0 Å². The molecule has 0 unspecified atom stereocenters. The molecule has 0 bridgehead atoms. The third kappa shape index (κ3) is 3.16. The van der Waals surface area contributed by atoms with Crippen LogP contribution in [0.25, 0.3) is 6.08 Å². The molecule has 0 saturated heterocycles. The Bertz CT molecular complexity index is 365. The van der Waals surface area contributed by atoms with Crippen LogP contribution >= 0.6 is 12.6 Å². The lowest BCUT2D eigenvalue weighted by Crippen LogP contribution is -1.94. The fourth-order valence-corrected chi connectivity index (χ4v) is 1.26. The molecule has 80 valence electrons. The zero-order valence-electron chi connectivity index (χ0n) is 7.91. The average Bonchev–Trinajstić information content (AvgIpc) is 2.18. The predicted octanol–water partition coefficient (Wildman–Crippen LogP) is 3.11. The van der Waals surface area contributed by atoms with Gasteiger partial charge in [0.05, 0.1) is 5.56 Å². The summed E-state index contributed by atoms with van der Waals surface area (Å²) < 4.78 is 26.2. The SMILES string of the molecule is O=Cc1c(F)cc(C=CCCS)cc1F. The Morgan fingerprint density at radius 1 is 1.27 bits per heavy atom. The monoisotopic (exact) mass is 228 g/mol. The maximum Gasteiger partial charge on any atom is 0.155 e. The number of hydrogen-bond donors (Lipinski definition) is 1. The van der Waals surface area contributed by atoms with Gasteiger partial charge in [-0.3, -0.25) is 4.79 Å². The standard InChI is InChI=1S/C11H10F2OS/c12-10-5-8(3-1-2-4-15)6-11(13)9(10)7-14/h1,3,5-7,15H,2,4H2. The van der Waals surface area contributed by atoms with Crippen LogP contribution in [-0.2, 0) is 0 Å². The minimum Gasteiger partial charge on any atom is -0.298 e. The van der Waals surface area contributed by atoms with Gasteiger partial charge < -0.3 is 0 Å². The summed E-state index contributed by atoms with van der Waals surface area (Å²) in [6.07, 6.45) is 4.26. The fraction of sp³-hybridized carbons (Fsp3) is 0.182. The van der Waals surface area contributed by atoms with E-state index in [0.29, 0.717) is 11.3 Å². The van der Waals surface area contributed by atoms with E-state index in [-0.39, 0.29) is 6.29 Å². The average molecular weight is 228 g/mol. The van der Waals surface area contributed by atoms with E-state index in [1.165, 1.54) is 0 Å². The number of aldehydes is 1. The van der Waals surface area contributed by atoms with Crippen molar-refractivity contribution in [3.05, 3.63) is 41.0 Å². The second-order valence-corrected chi connectivity index (χ2v) is 3.38. The number of halogens is 2. The molecule has 0 aromatic heterocycles. The molecule has 0 spiro atoms. The van der Waals surface area contributed by atoms with Gasteiger partial charge in [0.1, 0.15) is 11.6 Å². The van der Waals surface area contributed by atoms with E-state index in [1.807, 2.05) is 0 Å². The van der Waals surface area contributed by atoms with Gasteiger partial charge in [0.25, 0.3) is 0 Å². The first-order valence-corrected chi connectivity index (χ1v) is 5.04.